The Kier molecular flexibility index (Phi) is 10.2. The van der Waals surface area contributed by atoms with Crippen LogP contribution in [0.5, 0.6) is 11.5 Å². The molecule has 2 nitrogen and oxygen atoms in total. The van der Waals surface area contributed by atoms with Crippen LogP contribution in [0.1, 0.15) is 89.5 Å². The number of hydrogen-bond acceptors (Lipinski definition) is 2. The summed E-state index contributed by atoms with van der Waals surface area (Å²) in [7, 11) is 10.2. The van der Waals surface area contributed by atoms with Gasteiger partial charge < -0.3 is 0 Å². The number of benzene rings is 2. The van der Waals surface area contributed by atoms with Gasteiger partial charge in [-0.25, -0.2) is 0 Å². The van der Waals surface area contributed by atoms with Gasteiger partial charge in [0.1, 0.15) is 0 Å². The summed E-state index contributed by atoms with van der Waals surface area (Å²) in [5.41, 5.74) is 8.22. The summed E-state index contributed by atoms with van der Waals surface area (Å²) >= 11 is -2.48. The van der Waals surface area contributed by atoms with E-state index >= 15 is 0 Å². The number of hydrogen-bond donors (Lipinski definition) is 0. The normalized spacial score (nSPS) is 19.6. The van der Waals surface area contributed by atoms with Crippen molar-refractivity contribution in [1.29, 1.82) is 0 Å². The summed E-state index contributed by atoms with van der Waals surface area (Å²) in [5.74, 6) is 1.49. The number of rotatable bonds is 9. The molecule has 0 N–H and O–H groups in total. The molecule has 2 aromatic carbocycles. The number of halogens is 2. The van der Waals surface area contributed by atoms with Crippen molar-refractivity contribution in [2.24, 2.45) is 0 Å². The van der Waals surface area contributed by atoms with Crippen molar-refractivity contribution in [3.63, 3.8) is 0 Å². The van der Waals surface area contributed by atoms with E-state index in [1.807, 2.05) is 0 Å². The molecule has 0 radical (unpaired) electrons. The molecule has 0 amide bonds. The van der Waals surface area contributed by atoms with Gasteiger partial charge in [-0.05, 0) is 0 Å². The van der Waals surface area contributed by atoms with Crippen LogP contribution in [0.4, 0.5) is 0 Å². The van der Waals surface area contributed by atoms with E-state index in [1.165, 1.54) is 33.4 Å². The van der Waals surface area contributed by atoms with E-state index in [0.717, 1.165) is 23.6 Å². The summed E-state index contributed by atoms with van der Waals surface area (Å²) in [6.07, 6.45) is 4.75. The molecule has 2 aromatic rings. The van der Waals surface area contributed by atoms with Crippen molar-refractivity contribution in [3.05, 3.63) is 69.8 Å². The van der Waals surface area contributed by atoms with E-state index in [0.29, 0.717) is 11.8 Å². The first-order chi connectivity index (χ1) is 19.2. The summed E-state index contributed by atoms with van der Waals surface area (Å²) in [5, 5.41) is 0.308. The van der Waals surface area contributed by atoms with Crippen LogP contribution in [-0.2, 0) is 18.5 Å². The molecule has 2 atom stereocenters. The summed E-state index contributed by atoms with van der Waals surface area (Å²) in [6.45, 7) is 27.7. The predicted molar refractivity (Wildman–Crippen MR) is 190 cm³/mol. The van der Waals surface area contributed by atoms with E-state index in [1.54, 1.807) is 0 Å². The molecule has 0 saturated carbocycles. The van der Waals surface area contributed by atoms with Crippen molar-refractivity contribution >= 4 is 51.7 Å². The first-order valence-corrected chi connectivity index (χ1v) is 34.0. The average molecular weight is 738 g/mol. The summed E-state index contributed by atoms with van der Waals surface area (Å²) in [4.78, 5) is 0. The first-order valence-electron chi connectivity index (χ1n) is 15.4. The molecule has 0 saturated heterocycles. The second-order valence-electron chi connectivity index (χ2n) is 15.6. The molecular weight excluding hydrogens is 687 g/mol. The number of fused-ring (bicyclic) bond motifs is 2. The Balaban J connectivity index is 1.59. The molecular formula is C34H51Cl2O2Si3Zr. The van der Waals surface area contributed by atoms with Crippen LogP contribution in [0.3, 0.4) is 0 Å². The third-order valence-corrected chi connectivity index (χ3v) is 40.9. The average Bonchev–Trinajstić information content (AvgIpc) is 3.34. The van der Waals surface area contributed by atoms with E-state index in [-0.39, 0.29) is 10.1 Å². The fraction of sp³-hybridized carbons (Fsp3) is 0.529. The molecule has 4 rings (SSSR count). The molecule has 2 aliphatic carbocycles. The van der Waals surface area contributed by atoms with Gasteiger partial charge in [-0.1, -0.05) is 0 Å². The molecule has 0 spiro atoms. The minimum atomic E-state index is -2.48. The maximum absolute atomic E-state index is 7.03. The maximum atomic E-state index is 7.03. The Bertz CT molecular complexity index is 1280. The Labute approximate surface area is 273 Å². The quantitative estimate of drug-likeness (QED) is 0.239. The van der Waals surface area contributed by atoms with Crippen molar-refractivity contribution in [2.75, 3.05) is 0 Å². The molecule has 0 aromatic heterocycles. The van der Waals surface area contributed by atoms with Gasteiger partial charge in [0.15, 0.2) is 0 Å². The van der Waals surface area contributed by atoms with Crippen LogP contribution in [0, 0.1) is 0 Å². The SMILES string of the molecule is CC1=Cc2c(O[Si](C)(C)C(C)(C)C)cccc2C1C[SiH](CC1C(C)=Cc2c(O[Si](C)(C)C(C)(C)C)cccc21)[Zr]([Cl])[Cl]. The third kappa shape index (κ3) is 7.05. The van der Waals surface area contributed by atoms with Gasteiger partial charge in [0, 0.05) is 0 Å². The molecule has 0 fully saturated rings. The summed E-state index contributed by atoms with van der Waals surface area (Å²) in [6, 6.07) is 15.6. The molecule has 0 aliphatic heterocycles. The van der Waals surface area contributed by atoms with Crippen LogP contribution in [0.25, 0.3) is 12.2 Å². The molecule has 2 unspecified atom stereocenters. The van der Waals surface area contributed by atoms with Crippen LogP contribution in [0.2, 0.25) is 48.4 Å². The zero-order valence-electron chi connectivity index (χ0n) is 27.8. The van der Waals surface area contributed by atoms with Crippen LogP contribution >= 0.6 is 17.0 Å². The van der Waals surface area contributed by atoms with E-state index in [2.05, 4.69) is 130 Å². The fourth-order valence-electron chi connectivity index (χ4n) is 5.69. The van der Waals surface area contributed by atoms with Crippen molar-refractivity contribution in [3.8, 4) is 11.5 Å². The second-order valence-corrected chi connectivity index (χ2v) is 48.5. The van der Waals surface area contributed by atoms with Gasteiger partial charge in [-0.3, -0.25) is 0 Å². The van der Waals surface area contributed by atoms with Gasteiger partial charge in [0.2, 0.25) is 0 Å². The van der Waals surface area contributed by atoms with E-state index in [9.17, 15) is 0 Å². The van der Waals surface area contributed by atoms with Crippen LogP contribution < -0.4 is 8.85 Å². The Morgan fingerprint density at radius 3 is 1.36 bits per heavy atom. The number of allylic oxidation sites excluding steroid dienone is 2. The fourth-order valence-corrected chi connectivity index (χ4v) is 23.1. The Morgan fingerprint density at radius 2 is 1.05 bits per heavy atom. The zero-order valence-corrected chi connectivity index (χ0v) is 35.0. The Hall–Kier alpha value is -0.366. The monoisotopic (exact) mass is 735 g/mol. The standard InChI is InChI=1S/C34H51O2Si3.2ClH.Zr/c1-23-19-27-25(15-13-17-31(27)35-38(9,10)33(3,4)5)29(23)21-37-22-30-24(2)20-28-26(30)16-14-18-32(28)36-39(11,12)34(6,7)8;;;/h13-20,29-30,37H,21-22H2,1-12H3;2*1H;/q;;;+2/p-2. The van der Waals surface area contributed by atoms with Crippen molar-refractivity contribution < 1.29 is 27.4 Å². The summed E-state index contributed by atoms with van der Waals surface area (Å²) < 4.78 is 13.7. The molecule has 42 heavy (non-hydrogen) atoms. The van der Waals surface area contributed by atoms with E-state index < -0.39 is 41.1 Å². The second kappa shape index (κ2) is 12.4. The van der Waals surface area contributed by atoms with Gasteiger partial charge in [0.25, 0.3) is 0 Å². The molecule has 229 valence electrons. The molecule has 8 heteroatoms. The van der Waals surface area contributed by atoms with Gasteiger partial charge >= 0.3 is 276 Å². The predicted octanol–water partition coefficient (Wildman–Crippen LogP) is 11.8. The zero-order chi connectivity index (χ0) is 31.4. The Morgan fingerprint density at radius 1 is 0.690 bits per heavy atom. The minimum absolute atomic E-state index is 0.154. The first kappa shape index (κ1) is 34.5. The molecule has 0 bridgehead atoms. The van der Waals surface area contributed by atoms with Crippen LogP contribution in [-0.4, -0.2) is 22.6 Å². The van der Waals surface area contributed by atoms with Crippen LogP contribution in [0.15, 0.2) is 47.5 Å². The van der Waals surface area contributed by atoms with Gasteiger partial charge in [-0.2, -0.15) is 0 Å². The van der Waals surface area contributed by atoms with E-state index in [4.69, 9.17) is 25.9 Å². The third-order valence-electron chi connectivity index (χ3n) is 10.5. The molecule has 2 aliphatic rings. The van der Waals surface area contributed by atoms with Crippen molar-refractivity contribution in [1.82, 2.24) is 0 Å². The van der Waals surface area contributed by atoms with Crippen molar-refractivity contribution in [2.45, 2.75) is 116 Å². The van der Waals surface area contributed by atoms with Gasteiger partial charge in [0.05, 0.1) is 0 Å². The molecule has 0 heterocycles. The van der Waals surface area contributed by atoms with Gasteiger partial charge in [-0.15, -0.1) is 0 Å². The topological polar surface area (TPSA) is 18.5 Å².